The molecule has 1 heterocycles. The average molecular weight is 252 g/mol. The van der Waals surface area contributed by atoms with E-state index in [1.807, 2.05) is 18.2 Å². The fraction of sp³-hybridized carbons (Fsp3) is 0.182. The molecule has 1 N–H and O–H groups in total. The highest BCUT2D eigenvalue weighted by molar-refractivity contribution is 9.11. The van der Waals surface area contributed by atoms with Gasteiger partial charge >= 0.3 is 0 Å². The number of carbonyl (C=O) groups excluding carboxylic acids is 1. The van der Waals surface area contributed by atoms with Gasteiger partial charge in [0.05, 0.1) is 6.04 Å². The zero-order valence-corrected chi connectivity index (χ0v) is 9.12. The van der Waals surface area contributed by atoms with E-state index < -0.39 is 0 Å². The van der Waals surface area contributed by atoms with Crippen LogP contribution in [0.1, 0.15) is 6.42 Å². The average Bonchev–Trinajstić information content (AvgIpc) is 2.14. The van der Waals surface area contributed by atoms with Gasteiger partial charge in [0, 0.05) is 22.3 Å². The maximum absolute atomic E-state index is 11.6. The van der Waals surface area contributed by atoms with Crippen molar-refractivity contribution >= 4 is 21.7 Å². The largest absolute Gasteiger partial charge is 0.380 e. The highest BCUT2D eigenvalue weighted by Gasteiger charge is 2.19. The summed E-state index contributed by atoms with van der Waals surface area (Å²) >= 11 is 3.41. The number of allylic oxidation sites excluding steroid dienone is 5. The SMILES string of the molecule is O=C1C=CNC2/C=C\C/C=C(Br)\C=C\12. The van der Waals surface area contributed by atoms with Crippen LogP contribution in [-0.4, -0.2) is 11.8 Å². The van der Waals surface area contributed by atoms with Crippen LogP contribution in [0.2, 0.25) is 0 Å². The lowest BCUT2D eigenvalue weighted by Gasteiger charge is -2.20. The van der Waals surface area contributed by atoms with E-state index in [4.69, 9.17) is 0 Å². The molecule has 1 aliphatic carbocycles. The number of hydrogen-bond donors (Lipinski definition) is 1. The second kappa shape index (κ2) is 3.96. The summed E-state index contributed by atoms with van der Waals surface area (Å²) in [4.78, 5) is 11.6. The van der Waals surface area contributed by atoms with Gasteiger partial charge in [-0.15, -0.1) is 0 Å². The molecule has 0 aromatic carbocycles. The molecule has 0 fully saturated rings. The molecule has 0 spiro atoms. The van der Waals surface area contributed by atoms with Crippen molar-refractivity contribution in [2.75, 3.05) is 0 Å². The first-order valence-corrected chi connectivity index (χ1v) is 5.27. The standard InChI is InChI=1S/C11H10BrNO/c12-8-3-1-2-4-10-9(7-8)11(14)5-6-13-10/h2-7,10,13H,1H2/b4-2-,8-3+,9-7+. The Morgan fingerprint density at radius 3 is 3.21 bits per heavy atom. The molecule has 0 amide bonds. The van der Waals surface area contributed by atoms with Gasteiger partial charge in [0.1, 0.15) is 0 Å². The molecule has 0 saturated heterocycles. The Labute approximate surface area is 91.2 Å². The van der Waals surface area contributed by atoms with Gasteiger partial charge in [0.25, 0.3) is 0 Å². The Hall–Kier alpha value is -1.09. The molecule has 2 nitrogen and oxygen atoms in total. The summed E-state index contributed by atoms with van der Waals surface area (Å²) in [7, 11) is 0. The van der Waals surface area contributed by atoms with Gasteiger partial charge < -0.3 is 5.32 Å². The molecule has 0 saturated carbocycles. The third kappa shape index (κ3) is 1.87. The molecule has 14 heavy (non-hydrogen) atoms. The number of hydrogen-bond acceptors (Lipinski definition) is 2. The van der Waals surface area contributed by atoms with E-state index in [1.165, 1.54) is 0 Å². The molecule has 0 radical (unpaired) electrons. The Kier molecular flexibility index (Phi) is 2.68. The van der Waals surface area contributed by atoms with Crippen LogP contribution in [0.4, 0.5) is 0 Å². The number of fused-ring (bicyclic) bond motifs is 1. The molecule has 2 aliphatic rings. The summed E-state index contributed by atoms with van der Waals surface area (Å²) < 4.78 is 0.965. The van der Waals surface area contributed by atoms with Crippen LogP contribution in [0.25, 0.3) is 0 Å². The van der Waals surface area contributed by atoms with Crippen molar-refractivity contribution in [1.82, 2.24) is 5.32 Å². The van der Waals surface area contributed by atoms with Crippen molar-refractivity contribution < 1.29 is 4.79 Å². The van der Waals surface area contributed by atoms with Gasteiger partial charge in [-0.3, -0.25) is 4.79 Å². The van der Waals surface area contributed by atoms with Crippen molar-refractivity contribution in [3.8, 4) is 0 Å². The number of halogens is 1. The minimum absolute atomic E-state index is 0.0220. The summed E-state index contributed by atoms with van der Waals surface area (Å²) in [5.74, 6) is 0.0747. The number of rotatable bonds is 0. The normalized spacial score (nSPS) is 35.2. The smallest absolute Gasteiger partial charge is 0.185 e. The van der Waals surface area contributed by atoms with E-state index in [1.54, 1.807) is 12.3 Å². The number of nitrogens with one attached hydrogen (secondary N) is 1. The molecular formula is C11H10BrNO. The highest BCUT2D eigenvalue weighted by Crippen LogP contribution is 2.20. The minimum Gasteiger partial charge on any atom is -0.380 e. The van der Waals surface area contributed by atoms with Crippen LogP contribution < -0.4 is 5.32 Å². The van der Waals surface area contributed by atoms with Crippen LogP contribution in [-0.2, 0) is 4.79 Å². The third-order valence-electron chi connectivity index (χ3n) is 2.20. The van der Waals surface area contributed by atoms with E-state index in [0.29, 0.717) is 0 Å². The maximum atomic E-state index is 11.6. The first kappa shape index (κ1) is 9.46. The summed E-state index contributed by atoms with van der Waals surface area (Å²) in [6.07, 6.45) is 12.1. The fourth-order valence-corrected chi connectivity index (χ4v) is 1.92. The summed E-state index contributed by atoms with van der Waals surface area (Å²) in [5.41, 5.74) is 0.784. The molecule has 1 unspecified atom stereocenters. The number of carbonyl (C=O) groups is 1. The van der Waals surface area contributed by atoms with E-state index in [0.717, 1.165) is 16.5 Å². The van der Waals surface area contributed by atoms with Crippen LogP contribution in [0, 0.1) is 0 Å². The van der Waals surface area contributed by atoms with Gasteiger partial charge in [-0.1, -0.05) is 34.2 Å². The predicted octanol–water partition coefficient (Wildman–Crippen LogP) is 2.21. The Balaban J connectivity index is 2.43. The molecule has 0 aromatic heterocycles. The van der Waals surface area contributed by atoms with Crippen molar-refractivity contribution in [3.05, 3.63) is 46.6 Å². The Morgan fingerprint density at radius 2 is 2.36 bits per heavy atom. The zero-order chi connectivity index (χ0) is 9.97. The zero-order valence-electron chi connectivity index (χ0n) is 7.53. The predicted molar refractivity (Wildman–Crippen MR) is 59.9 cm³/mol. The van der Waals surface area contributed by atoms with Crippen LogP contribution in [0.15, 0.2) is 46.6 Å². The fourth-order valence-electron chi connectivity index (χ4n) is 1.49. The third-order valence-corrected chi connectivity index (χ3v) is 2.75. The molecule has 2 rings (SSSR count). The van der Waals surface area contributed by atoms with E-state index in [-0.39, 0.29) is 11.8 Å². The monoisotopic (exact) mass is 251 g/mol. The first-order chi connectivity index (χ1) is 6.77. The second-order valence-corrected chi connectivity index (χ2v) is 4.11. The molecular weight excluding hydrogens is 242 g/mol. The van der Waals surface area contributed by atoms with Gasteiger partial charge in [0.15, 0.2) is 5.78 Å². The van der Waals surface area contributed by atoms with Gasteiger partial charge in [0.2, 0.25) is 0 Å². The summed E-state index contributed by atoms with van der Waals surface area (Å²) in [6, 6.07) is 0.0220. The summed E-state index contributed by atoms with van der Waals surface area (Å²) in [6.45, 7) is 0. The number of ketones is 1. The molecule has 0 bridgehead atoms. The van der Waals surface area contributed by atoms with Crippen molar-refractivity contribution in [2.45, 2.75) is 12.5 Å². The van der Waals surface area contributed by atoms with Crippen molar-refractivity contribution in [1.29, 1.82) is 0 Å². The van der Waals surface area contributed by atoms with Crippen molar-refractivity contribution in [2.24, 2.45) is 0 Å². The maximum Gasteiger partial charge on any atom is 0.185 e. The second-order valence-electron chi connectivity index (χ2n) is 3.19. The van der Waals surface area contributed by atoms with Crippen LogP contribution >= 0.6 is 15.9 Å². The highest BCUT2D eigenvalue weighted by atomic mass is 79.9. The molecule has 3 heteroatoms. The van der Waals surface area contributed by atoms with E-state index in [9.17, 15) is 4.79 Å². The lowest BCUT2D eigenvalue weighted by Crippen LogP contribution is -2.32. The Morgan fingerprint density at radius 1 is 1.50 bits per heavy atom. The minimum atomic E-state index is 0.0220. The van der Waals surface area contributed by atoms with Gasteiger partial charge in [-0.05, 0) is 12.5 Å². The van der Waals surface area contributed by atoms with Gasteiger partial charge in [-0.25, -0.2) is 0 Å². The summed E-state index contributed by atoms with van der Waals surface area (Å²) in [5, 5.41) is 3.14. The topological polar surface area (TPSA) is 29.1 Å². The Bertz CT molecular complexity index is 377. The van der Waals surface area contributed by atoms with E-state index in [2.05, 4.69) is 27.3 Å². The molecule has 1 aliphatic heterocycles. The lowest BCUT2D eigenvalue weighted by molar-refractivity contribution is -0.111. The molecule has 1 atom stereocenters. The van der Waals surface area contributed by atoms with E-state index >= 15 is 0 Å². The quantitative estimate of drug-likeness (QED) is 0.669. The van der Waals surface area contributed by atoms with Gasteiger partial charge in [-0.2, -0.15) is 0 Å². The molecule has 72 valence electrons. The van der Waals surface area contributed by atoms with Crippen LogP contribution in [0.3, 0.4) is 0 Å². The first-order valence-electron chi connectivity index (χ1n) is 4.48. The lowest BCUT2D eigenvalue weighted by atomic mass is 9.97. The van der Waals surface area contributed by atoms with Crippen LogP contribution in [0.5, 0.6) is 0 Å². The molecule has 0 aromatic rings. The van der Waals surface area contributed by atoms with Crippen molar-refractivity contribution in [3.63, 3.8) is 0 Å².